The van der Waals surface area contributed by atoms with Crippen LogP contribution in [0, 0.1) is 0 Å². The molecule has 6 nitrogen and oxygen atoms in total. The maximum Gasteiger partial charge on any atom is 0.281 e. The Bertz CT molecular complexity index is 601. The quantitative estimate of drug-likeness (QED) is 0.825. The maximum atomic E-state index is 12.3. The molecule has 0 radical (unpaired) electrons. The van der Waals surface area contributed by atoms with Crippen LogP contribution in [0.4, 0.5) is 0 Å². The van der Waals surface area contributed by atoms with Crippen molar-refractivity contribution in [3.8, 4) is 0 Å². The zero-order valence-electron chi connectivity index (χ0n) is 12.6. The van der Waals surface area contributed by atoms with Gasteiger partial charge in [0.1, 0.15) is 0 Å². The van der Waals surface area contributed by atoms with E-state index < -0.39 is 10.2 Å². The molecule has 116 valence electrons. The van der Waals surface area contributed by atoms with Gasteiger partial charge in [0.05, 0.1) is 6.04 Å². The van der Waals surface area contributed by atoms with E-state index >= 15 is 0 Å². The Morgan fingerprint density at radius 1 is 1.19 bits per heavy atom. The number of carbonyl (C=O) groups is 1. The Hall–Kier alpha value is -1.44. The van der Waals surface area contributed by atoms with Gasteiger partial charge in [0.2, 0.25) is 5.91 Å². The molecule has 7 heteroatoms. The molecule has 1 aromatic carbocycles. The molecule has 1 saturated heterocycles. The van der Waals surface area contributed by atoms with Crippen molar-refractivity contribution in [1.29, 1.82) is 0 Å². The SMILES string of the molecule is CC(=O)N1CCN(S(=O)(=O)N(C)C)CC1c1ccccc1. The lowest BCUT2D eigenvalue weighted by Crippen LogP contribution is -2.54. The van der Waals surface area contributed by atoms with Crippen LogP contribution in [0.5, 0.6) is 0 Å². The fraction of sp³-hybridized carbons (Fsp3) is 0.500. The van der Waals surface area contributed by atoms with Gasteiger partial charge in [-0.05, 0) is 5.56 Å². The summed E-state index contributed by atoms with van der Waals surface area (Å²) in [6.07, 6.45) is 0. The average molecular weight is 311 g/mol. The van der Waals surface area contributed by atoms with Gasteiger partial charge in [0.25, 0.3) is 10.2 Å². The van der Waals surface area contributed by atoms with Gasteiger partial charge < -0.3 is 4.90 Å². The van der Waals surface area contributed by atoms with Gasteiger partial charge in [0, 0.05) is 40.7 Å². The summed E-state index contributed by atoms with van der Waals surface area (Å²) in [6.45, 7) is 2.53. The van der Waals surface area contributed by atoms with Crippen LogP contribution in [0.3, 0.4) is 0 Å². The van der Waals surface area contributed by atoms with Crippen LogP contribution in [-0.2, 0) is 15.0 Å². The molecule has 0 spiro atoms. The van der Waals surface area contributed by atoms with Gasteiger partial charge in [-0.3, -0.25) is 4.79 Å². The molecule has 21 heavy (non-hydrogen) atoms. The smallest absolute Gasteiger partial charge is 0.281 e. The summed E-state index contributed by atoms with van der Waals surface area (Å²) in [5.74, 6) is -0.0363. The van der Waals surface area contributed by atoms with Crippen LogP contribution >= 0.6 is 0 Å². The molecule has 0 bridgehead atoms. The molecule has 1 amide bonds. The summed E-state index contributed by atoms with van der Waals surface area (Å²) in [5, 5.41) is 0. The van der Waals surface area contributed by atoms with Gasteiger partial charge in [-0.25, -0.2) is 0 Å². The van der Waals surface area contributed by atoms with E-state index in [0.717, 1.165) is 5.56 Å². The highest BCUT2D eigenvalue weighted by Gasteiger charge is 2.36. The van der Waals surface area contributed by atoms with Gasteiger partial charge in [-0.1, -0.05) is 30.3 Å². The van der Waals surface area contributed by atoms with Crippen LogP contribution in [0.2, 0.25) is 0 Å². The van der Waals surface area contributed by atoms with Gasteiger partial charge in [-0.15, -0.1) is 0 Å². The van der Waals surface area contributed by atoms with Crippen molar-refractivity contribution in [3.05, 3.63) is 35.9 Å². The van der Waals surface area contributed by atoms with E-state index in [1.807, 2.05) is 30.3 Å². The lowest BCUT2D eigenvalue weighted by molar-refractivity contribution is -0.133. The lowest BCUT2D eigenvalue weighted by Gasteiger charge is -2.41. The fourth-order valence-electron chi connectivity index (χ4n) is 2.54. The standard InChI is InChI=1S/C14H21N3O3S/c1-12(18)17-10-9-16(21(19,20)15(2)3)11-14(17)13-7-5-4-6-8-13/h4-8,14H,9-11H2,1-3H3. The van der Waals surface area contributed by atoms with Crippen molar-refractivity contribution in [1.82, 2.24) is 13.5 Å². The molecule has 0 saturated carbocycles. The van der Waals surface area contributed by atoms with E-state index in [9.17, 15) is 13.2 Å². The van der Waals surface area contributed by atoms with E-state index in [0.29, 0.717) is 13.1 Å². The first kappa shape index (κ1) is 15.9. The second-order valence-electron chi connectivity index (χ2n) is 5.29. The Kier molecular flexibility index (Phi) is 4.65. The van der Waals surface area contributed by atoms with E-state index in [4.69, 9.17) is 0 Å². The van der Waals surface area contributed by atoms with Gasteiger partial charge in [0.15, 0.2) is 0 Å². The van der Waals surface area contributed by atoms with Crippen molar-refractivity contribution in [2.45, 2.75) is 13.0 Å². The van der Waals surface area contributed by atoms with Crippen LogP contribution in [-0.4, -0.2) is 61.6 Å². The molecule has 1 aromatic rings. The van der Waals surface area contributed by atoms with E-state index in [-0.39, 0.29) is 18.5 Å². The third-order valence-corrected chi connectivity index (χ3v) is 5.63. The summed E-state index contributed by atoms with van der Waals surface area (Å²) >= 11 is 0. The highest BCUT2D eigenvalue weighted by molar-refractivity contribution is 7.86. The minimum absolute atomic E-state index is 0.0363. The van der Waals surface area contributed by atoms with Crippen LogP contribution in [0.1, 0.15) is 18.5 Å². The predicted molar refractivity (Wildman–Crippen MR) is 80.7 cm³/mol. The molecule has 1 aliphatic heterocycles. The summed E-state index contributed by atoms with van der Waals surface area (Å²) < 4.78 is 27.2. The Balaban J connectivity index is 2.31. The fourth-order valence-corrected chi connectivity index (χ4v) is 3.64. The Morgan fingerprint density at radius 2 is 1.81 bits per heavy atom. The second-order valence-corrected chi connectivity index (χ2v) is 7.43. The van der Waals surface area contributed by atoms with Crippen molar-refractivity contribution in [2.75, 3.05) is 33.7 Å². The van der Waals surface area contributed by atoms with Gasteiger partial charge >= 0.3 is 0 Å². The zero-order valence-corrected chi connectivity index (χ0v) is 13.4. The summed E-state index contributed by atoms with van der Waals surface area (Å²) in [5.41, 5.74) is 0.950. The van der Waals surface area contributed by atoms with Crippen molar-refractivity contribution >= 4 is 16.1 Å². The van der Waals surface area contributed by atoms with Crippen LogP contribution in [0.25, 0.3) is 0 Å². The van der Waals surface area contributed by atoms with E-state index in [1.54, 1.807) is 4.90 Å². The average Bonchev–Trinajstić information content (AvgIpc) is 2.47. The first-order chi connectivity index (χ1) is 9.84. The molecule has 1 fully saturated rings. The molecule has 1 aliphatic rings. The molecule has 2 rings (SSSR count). The molecule has 0 N–H and O–H groups in total. The first-order valence-electron chi connectivity index (χ1n) is 6.84. The molecule has 1 atom stereocenters. The minimum Gasteiger partial charge on any atom is -0.333 e. The number of hydrogen-bond acceptors (Lipinski definition) is 3. The zero-order chi connectivity index (χ0) is 15.6. The molecule has 0 aliphatic carbocycles. The second kappa shape index (κ2) is 6.13. The Morgan fingerprint density at radius 3 is 2.33 bits per heavy atom. The summed E-state index contributed by atoms with van der Waals surface area (Å²) in [4.78, 5) is 13.6. The summed E-state index contributed by atoms with van der Waals surface area (Å²) in [6, 6.07) is 9.30. The number of benzene rings is 1. The summed E-state index contributed by atoms with van der Waals surface area (Å²) in [7, 11) is -0.425. The number of hydrogen-bond donors (Lipinski definition) is 0. The lowest BCUT2D eigenvalue weighted by atomic mass is 10.0. The Labute approximate surface area is 126 Å². The number of rotatable bonds is 3. The van der Waals surface area contributed by atoms with Crippen molar-refractivity contribution in [2.24, 2.45) is 0 Å². The van der Waals surface area contributed by atoms with Gasteiger partial charge in [-0.2, -0.15) is 17.0 Å². The van der Waals surface area contributed by atoms with E-state index in [1.165, 1.54) is 29.6 Å². The third kappa shape index (κ3) is 3.25. The number of carbonyl (C=O) groups excluding carboxylic acids is 1. The molecular formula is C14H21N3O3S. The number of amides is 1. The third-order valence-electron chi connectivity index (χ3n) is 3.72. The number of piperazine rings is 1. The van der Waals surface area contributed by atoms with Crippen LogP contribution < -0.4 is 0 Å². The highest BCUT2D eigenvalue weighted by Crippen LogP contribution is 2.27. The topological polar surface area (TPSA) is 60.9 Å². The highest BCUT2D eigenvalue weighted by atomic mass is 32.2. The predicted octanol–water partition coefficient (Wildman–Crippen LogP) is 0.698. The minimum atomic E-state index is -3.46. The normalized spacial score (nSPS) is 20.8. The van der Waals surface area contributed by atoms with E-state index in [2.05, 4.69) is 0 Å². The number of nitrogens with zero attached hydrogens (tertiary/aromatic N) is 3. The largest absolute Gasteiger partial charge is 0.333 e. The maximum absolute atomic E-state index is 12.3. The molecule has 1 unspecified atom stereocenters. The van der Waals surface area contributed by atoms with Crippen LogP contribution in [0.15, 0.2) is 30.3 Å². The van der Waals surface area contributed by atoms with Crippen molar-refractivity contribution < 1.29 is 13.2 Å². The first-order valence-corrected chi connectivity index (χ1v) is 8.23. The monoisotopic (exact) mass is 311 g/mol. The molecular weight excluding hydrogens is 290 g/mol. The molecule has 0 aromatic heterocycles. The van der Waals surface area contributed by atoms with Crippen molar-refractivity contribution in [3.63, 3.8) is 0 Å². The molecule has 1 heterocycles.